The van der Waals surface area contributed by atoms with Crippen molar-refractivity contribution in [2.75, 3.05) is 33.4 Å². The first-order valence-corrected chi connectivity index (χ1v) is 11.8. The standard InChI is InChI=1S/C22H27FN4O3S/c1-3-27-21-8-7-19(31(28,29)26-9-11-30-12-10-26)14-20(21)24-22(27)16-25(2)15-17-5-4-6-18(23)13-17/h4-8,13-14H,3,9-12,15-16H2,1-2H3. The number of imidazole rings is 1. The number of halogens is 1. The van der Waals surface area contributed by atoms with Crippen LogP contribution in [0.5, 0.6) is 0 Å². The molecular formula is C22H27FN4O3S. The molecule has 0 radical (unpaired) electrons. The van der Waals surface area contributed by atoms with E-state index in [-0.39, 0.29) is 10.7 Å². The van der Waals surface area contributed by atoms with Crippen LogP contribution in [0.25, 0.3) is 11.0 Å². The van der Waals surface area contributed by atoms with Gasteiger partial charge in [-0.15, -0.1) is 0 Å². The number of hydrogen-bond acceptors (Lipinski definition) is 5. The van der Waals surface area contributed by atoms with Crippen LogP contribution in [-0.2, 0) is 34.4 Å². The first-order valence-electron chi connectivity index (χ1n) is 10.4. The van der Waals surface area contributed by atoms with Crippen molar-refractivity contribution in [3.63, 3.8) is 0 Å². The molecule has 7 nitrogen and oxygen atoms in total. The van der Waals surface area contributed by atoms with Crippen LogP contribution in [0.15, 0.2) is 47.4 Å². The summed E-state index contributed by atoms with van der Waals surface area (Å²) in [6.07, 6.45) is 0. The second kappa shape index (κ2) is 9.04. The highest BCUT2D eigenvalue weighted by Gasteiger charge is 2.27. The van der Waals surface area contributed by atoms with Gasteiger partial charge < -0.3 is 9.30 Å². The lowest BCUT2D eigenvalue weighted by molar-refractivity contribution is 0.0730. The Balaban J connectivity index is 1.59. The van der Waals surface area contributed by atoms with Gasteiger partial charge in [0.15, 0.2) is 0 Å². The first-order chi connectivity index (χ1) is 14.9. The highest BCUT2D eigenvalue weighted by molar-refractivity contribution is 7.89. The lowest BCUT2D eigenvalue weighted by Gasteiger charge is -2.26. The van der Waals surface area contributed by atoms with E-state index in [1.54, 1.807) is 18.2 Å². The lowest BCUT2D eigenvalue weighted by Crippen LogP contribution is -2.40. The average Bonchev–Trinajstić information content (AvgIpc) is 3.10. The predicted octanol–water partition coefficient (Wildman–Crippen LogP) is 2.85. The van der Waals surface area contributed by atoms with Gasteiger partial charge in [0.2, 0.25) is 10.0 Å². The molecule has 0 aliphatic carbocycles. The van der Waals surface area contributed by atoms with Gasteiger partial charge in [-0.25, -0.2) is 17.8 Å². The molecule has 0 amide bonds. The third-order valence-corrected chi connectivity index (χ3v) is 7.37. The molecule has 0 bridgehead atoms. The number of morpholine rings is 1. The molecule has 0 atom stereocenters. The molecule has 1 aliphatic rings. The van der Waals surface area contributed by atoms with Crippen molar-refractivity contribution < 1.29 is 17.5 Å². The van der Waals surface area contributed by atoms with Crippen molar-refractivity contribution in [3.8, 4) is 0 Å². The number of nitrogens with zero attached hydrogens (tertiary/aromatic N) is 4. The van der Waals surface area contributed by atoms with Gasteiger partial charge in [0.1, 0.15) is 11.6 Å². The van der Waals surface area contributed by atoms with Crippen LogP contribution in [0, 0.1) is 5.82 Å². The minimum absolute atomic E-state index is 0.249. The van der Waals surface area contributed by atoms with Crippen molar-refractivity contribution >= 4 is 21.1 Å². The largest absolute Gasteiger partial charge is 0.379 e. The van der Waals surface area contributed by atoms with Crippen molar-refractivity contribution in [2.45, 2.75) is 31.5 Å². The van der Waals surface area contributed by atoms with Crippen molar-refractivity contribution in [1.29, 1.82) is 0 Å². The second-order valence-electron chi connectivity index (χ2n) is 7.74. The van der Waals surface area contributed by atoms with Crippen molar-refractivity contribution in [1.82, 2.24) is 18.8 Å². The van der Waals surface area contributed by atoms with Crippen LogP contribution in [-0.4, -0.2) is 60.5 Å². The summed E-state index contributed by atoms with van der Waals surface area (Å²) < 4.78 is 48.3. The van der Waals surface area contributed by atoms with Crippen LogP contribution in [0.3, 0.4) is 0 Å². The van der Waals surface area contributed by atoms with Gasteiger partial charge in [-0.05, 0) is 49.9 Å². The Morgan fingerprint density at radius 3 is 2.61 bits per heavy atom. The molecule has 31 heavy (non-hydrogen) atoms. The molecule has 0 unspecified atom stereocenters. The Bertz CT molecular complexity index is 1170. The number of sulfonamides is 1. The SMILES string of the molecule is CCn1c(CN(C)Cc2cccc(F)c2)nc2cc(S(=O)(=O)N3CCOCC3)ccc21. The zero-order valence-electron chi connectivity index (χ0n) is 17.8. The molecule has 1 fully saturated rings. The molecular weight excluding hydrogens is 419 g/mol. The summed E-state index contributed by atoms with van der Waals surface area (Å²) in [4.78, 5) is 7.06. The van der Waals surface area contributed by atoms with E-state index in [1.807, 2.05) is 26.1 Å². The molecule has 1 aliphatic heterocycles. The van der Waals surface area contributed by atoms with E-state index in [4.69, 9.17) is 9.72 Å². The smallest absolute Gasteiger partial charge is 0.243 e. The fourth-order valence-corrected chi connectivity index (χ4v) is 5.40. The molecule has 0 saturated carbocycles. The molecule has 0 spiro atoms. The molecule has 3 aromatic rings. The number of fused-ring (bicyclic) bond motifs is 1. The predicted molar refractivity (Wildman–Crippen MR) is 117 cm³/mol. The summed E-state index contributed by atoms with van der Waals surface area (Å²) in [6.45, 7) is 5.44. The summed E-state index contributed by atoms with van der Waals surface area (Å²) in [5, 5.41) is 0. The van der Waals surface area contributed by atoms with Crippen LogP contribution < -0.4 is 0 Å². The van der Waals surface area contributed by atoms with Gasteiger partial charge >= 0.3 is 0 Å². The summed E-state index contributed by atoms with van der Waals surface area (Å²) in [5.41, 5.74) is 2.45. The van der Waals surface area contributed by atoms with Crippen LogP contribution >= 0.6 is 0 Å². The molecule has 166 valence electrons. The number of hydrogen-bond donors (Lipinski definition) is 0. The fraction of sp³-hybridized carbons (Fsp3) is 0.409. The first kappa shape index (κ1) is 21.9. The van der Waals surface area contributed by atoms with Gasteiger partial charge in [-0.2, -0.15) is 4.31 Å². The number of rotatable bonds is 7. The van der Waals surface area contributed by atoms with E-state index >= 15 is 0 Å². The summed E-state index contributed by atoms with van der Waals surface area (Å²) in [6, 6.07) is 11.7. The second-order valence-corrected chi connectivity index (χ2v) is 9.68. The van der Waals surface area contributed by atoms with Gasteiger partial charge in [0, 0.05) is 26.2 Å². The summed E-state index contributed by atoms with van der Waals surface area (Å²) in [5.74, 6) is 0.595. The average molecular weight is 447 g/mol. The van der Waals surface area contributed by atoms with Crippen LogP contribution in [0.1, 0.15) is 18.3 Å². The Hall–Kier alpha value is -2.33. The van der Waals surface area contributed by atoms with E-state index in [0.717, 1.165) is 23.4 Å². The fourth-order valence-electron chi connectivity index (χ4n) is 3.97. The maximum Gasteiger partial charge on any atom is 0.243 e. The quantitative estimate of drug-likeness (QED) is 0.558. The normalized spacial score (nSPS) is 15.7. The van der Waals surface area contributed by atoms with Crippen LogP contribution in [0.4, 0.5) is 4.39 Å². The Kier molecular flexibility index (Phi) is 6.38. The zero-order chi connectivity index (χ0) is 22.0. The highest BCUT2D eigenvalue weighted by Crippen LogP contribution is 2.24. The van der Waals surface area contributed by atoms with E-state index in [2.05, 4.69) is 9.47 Å². The molecule has 1 aromatic heterocycles. The van der Waals surface area contributed by atoms with Gasteiger partial charge in [-0.3, -0.25) is 4.90 Å². The molecule has 4 rings (SSSR count). The van der Waals surface area contributed by atoms with Gasteiger partial charge in [0.25, 0.3) is 0 Å². The number of aromatic nitrogens is 2. The molecule has 1 saturated heterocycles. The molecule has 9 heteroatoms. The Labute approximate surface area is 182 Å². The Morgan fingerprint density at radius 2 is 1.90 bits per heavy atom. The minimum atomic E-state index is -3.57. The topological polar surface area (TPSA) is 67.7 Å². The maximum atomic E-state index is 13.5. The Morgan fingerprint density at radius 1 is 1.13 bits per heavy atom. The third-order valence-electron chi connectivity index (χ3n) is 5.48. The van der Waals surface area contributed by atoms with E-state index in [0.29, 0.717) is 44.9 Å². The van der Waals surface area contributed by atoms with Crippen molar-refractivity contribution in [2.24, 2.45) is 0 Å². The maximum absolute atomic E-state index is 13.5. The lowest BCUT2D eigenvalue weighted by atomic mass is 10.2. The van der Waals surface area contributed by atoms with E-state index < -0.39 is 10.0 Å². The monoisotopic (exact) mass is 446 g/mol. The minimum Gasteiger partial charge on any atom is -0.379 e. The number of aryl methyl sites for hydroxylation is 1. The number of benzene rings is 2. The third kappa shape index (κ3) is 4.64. The summed E-state index contributed by atoms with van der Waals surface area (Å²) in [7, 11) is -1.62. The zero-order valence-corrected chi connectivity index (χ0v) is 18.6. The number of ether oxygens (including phenoxy) is 1. The summed E-state index contributed by atoms with van der Waals surface area (Å²) >= 11 is 0. The molecule has 2 heterocycles. The highest BCUT2D eigenvalue weighted by atomic mass is 32.2. The molecule has 0 N–H and O–H groups in total. The van der Waals surface area contributed by atoms with Crippen molar-refractivity contribution in [3.05, 3.63) is 59.7 Å². The van der Waals surface area contributed by atoms with E-state index in [1.165, 1.54) is 16.4 Å². The van der Waals surface area contributed by atoms with Gasteiger partial charge in [0.05, 0.1) is 35.7 Å². The molecule has 2 aromatic carbocycles. The van der Waals surface area contributed by atoms with E-state index in [9.17, 15) is 12.8 Å². The van der Waals surface area contributed by atoms with Crippen LogP contribution in [0.2, 0.25) is 0 Å². The van der Waals surface area contributed by atoms with Gasteiger partial charge in [-0.1, -0.05) is 12.1 Å².